The maximum absolute atomic E-state index is 7.47. The lowest BCUT2D eigenvalue weighted by molar-refractivity contribution is 0.315. The highest BCUT2D eigenvalue weighted by atomic mass is 79.9. The summed E-state index contributed by atoms with van der Waals surface area (Å²) in [5.41, 5.74) is 7.46. The number of halogens is 1. The number of hydrogen-bond donors (Lipinski definition) is 2. The first-order valence-corrected chi connectivity index (χ1v) is 6.83. The molecule has 18 heavy (non-hydrogen) atoms. The Morgan fingerprint density at radius 3 is 2.72 bits per heavy atom. The van der Waals surface area contributed by atoms with E-state index in [2.05, 4.69) is 45.9 Å². The Hall–Kier alpha value is -1.07. The van der Waals surface area contributed by atoms with Gasteiger partial charge in [0.15, 0.2) is 0 Å². The van der Waals surface area contributed by atoms with Gasteiger partial charge in [0.25, 0.3) is 0 Å². The molecule has 1 saturated heterocycles. The fourth-order valence-electron chi connectivity index (χ4n) is 2.32. The monoisotopic (exact) mass is 310 g/mol. The van der Waals surface area contributed by atoms with Crippen LogP contribution in [0, 0.1) is 5.41 Å². The average molecular weight is 311 g/mol. The number of rotatable bonds is 3. The Labute approximate surface area is 116 Å². The van der Waals surface area contributed by atoms with Gasteiger partial charge in [0.05, 0.1) is 0 Å². The molecule has 0 saturated carbocycles. The molecule has 1 heterocycles. The molecule has 1 aromatic rings. The van der Waals surface area contributed by atoms with Crippen molar-refractivity contribution in [1.29, 1.82) is 5.41 Å². The number of nitrogens with two attached hydrogens (primary N) is 1. The number of anilines is 1. The van der Waals surface area contributed by atoms with Crippen LogP contribution < -0.4 is 10.6 Å². The average Bonchev–Trinajstić information content (AvgIpc) is 2.77. The number of hydrogen-bond acceptors (Lipinski definition) is 3. The zero-order chi connectivity index (χ0) is 13.3. The van der Waals surface area contributed by atoms with E-state index in [0.717, 1.165) is 23.1 Å². The smallest absolute Gasteiger partial charge is 0.123 e. The first-order valence-electron chi connectivity index (χ1n) is 6.04. The molecule has 0 aliphatic carbocycles. The third-order valence-corrected chi connectivity index (χ3v) is 4.16. The van der Waals surface area contributed by atoms with Crippen molar-refractivity contribution in [2.75, 3.05) is 32.1 Å². The Morgan fingerprint density at radius 1 is 1.50 bits per heavy atom. The highest BCUT2D eigenvalue weighted by molar-refractivity contribution is 9.10. The third-order valence-electron chi connectivity index (χ3n) is 3.50. The van der Waals surface area contributed by atoms with Crippen LogP contribution >= 0.6 is 15.9 Å². The van der Waals surface area contributed by atoms with Crippen LogP contribution in [0.5, 0.6) is 0 Å². The Kier molecular flexibility index (Phi) is 3.92. The van der Waals surface area contributed by atoms with Gasteiger partial charge in [-0.1, -0.05) is 0 Å². The van der Waals surface area contributed by atoms with Crippen molar-refractivity contribution in [2.24, 2.45) is 5.73 Å². The summed E-state index contributed by atoms with van der Waals surface area (Å²) >= 11 is 3.48. The fraction of sp³-hybridized carbons (Fsp3) is 0.462. The second kappa shape index (κ2) is 5.28. The molecular formula is C13H19BrN4. The Morgan fingerprint density at radius 2 is 2.22 bits per heavy atom. The van der Waals surface area contributed by atoms with Crippen LogP contribution in [0.2, 0.25) is 0 Å². The fourth-order valence-corrected chi connectivity index (χ4v) is 2.90. The molecule has 1 atom stereocenters. The van der Waals surface area contributed by atoms with Crippen molar-refractivity contribution < 1.29 is 0 Å². The van der Waals surface area contributed by atoms with E-state index in [4.69, 9.17) is 11.1 Å². The van der Waals surface area contributed by atoms with Gasteiger partial charge in [-0.25, -0.2) is 0 Å². The zero-order valence-electron chi connectivity index (χ0n) is 10.8. The van der Waals surface area contributed by atoms with Gasteiger partial charge in [-0.3, -0.25) is 5.41 Å². The summed E-state index contributed by atoms with van der Waals surface area (Å²) < 4.78 is 0.890. The van der Waals surface area contributed by atoms with Gasteiger partial charge in [-0.15, -0.1) is 0 Å². The van der Waals surface area contributed by atoms with Gasteiger partial charge >= 0.3 is 0 Å². The topological polar surface area (TPSA) is 56.4 Å². The molecule has 0 spiro atoms. The van der Waals surface area contributed by atoms with Gasteiger partial charge in [-0.05, 0) is 54.6 Å². The number of nitrogens with one attached hydrogen (secondary N) is 1. The van der Waals surface area contributed by atoms with Crippen LogP contribution in [0.4, 0.5) is 5.69 Å². The van der Waals surface area contributed by atoms with Crippen molar-refractivity contribution in [2.45, 2.75) is 12.5 Å². The zero-order valence-corrected chi connectivity index (χ0v) is 12.4. The summed E-state index contributed by atoms with van der Waals surface area (Å²) in [7, 11) is 4.26. The molecule has 0 aromatic heterocycles. The summed E-state index contributed by atoms with van der Waals surface area (Å²) in [6.07, 6.45) is 1.19. The SMILES string of the molecule is CN(C)C1CCN(c2ccc(C(=N)N)c(Br)c2)C1. The second-order valence-electron chi connectivity index (χ2n) is 4.93. The lowest BCUT2D eigenvalue weighted by Crippen LogP contribution is -2.31. The summed E-state index contributed by atoms with van der Waals surface area (Å²) in [5, 5.41) is 7.47. The summed E-state index contributed by atoms with van der Waals surface area (Å²) in [4.78, 5) is 4.65. The standard InChI is InChI=1S/C13H19BrN4/c1-17(2)10-5-6-18(8-10)9-3-4-11(13(15)16)12(14)7-9/h3-4,7,10H,5-6,8H2,1-2H3,(H3,15,16). The normalized spacial score (nSPS) is 19.6. The van der Waals surface area contributed by atoms with E-state index in [-0.39, 0.29) is 5.84 Å². The molecule has 5 heteroatoms. The molecule has 2 rings (SSSR count). The van der Waals surface area contributed by atoms with Crippen molar-refractivity contribution in [1.82, 2.24) is 4.90 Å². The van der Waals surface area contributed by atoms with E-state index in [1.54, 1.807) is 0 Å². The van der Waals surface area contributed by atoms with Gasteiger partial charge in [0.1, 0.15) is 5.84 Å². The summed E-state index contributed by atoms with van der Waals surface area (Å²) in [6, 6.07) is 6.62. The first-order chi connectivity index (χ1) is 8.49. The molecule has 1 aromatic carbocycles. The van der Waals surface area contributed by atoms with Gasteiger partial charge in [0, 0.05) is 34.9 Å². The van der Waals surface area contributed by atoms with Crippen LogP contribution in [-0.4, -0.2) is 44.0 Å². The molecular weight excluding hydrogens is 292 g/mol. The highest BCUT2D eigenvalue weighted by Crippen LogP contribution is 2.27. The molecule has 0 bridgehead atoms. The van der Waals surface area contributed by atoms with Crippen LogP contribution in [0.25, 0.3) is 0 Å². The number of amidine groups is 1. The Bertz CT molecular complexity index is 458. The predicted molar refractivity (Wildman–Crippen MR) is 79.5 cm³/mol. The van der Waals surface area contributed by atoms with Gasteiger partial charge < -0.3 is 15.5 Å². The molecule has 1 aliphatic rings. The molecule has 3 N–H and O–H groups in total. The van der Waals surface area contributed by atoms with Crippen LogP contribution in [0.3, 0.4) is 0 Å². The van der Waals surface area contributed by atoms with Gasteiger partial charge in [-0.2, -0.15) is 0 Å². The quantitative estimate of drug-likeness (QED) is 0.662. The predicted octanol–water partition coefficient (Wildman–Crippen LogP) is 1.87. The largest absolute Gasteiger partial charge is 0.384 e. The Balaban J connectivity index is 2.16. The maximum Gasteiger partial charge on any atom is 0.123 e. The molecule has 0 amide bonds. The molecule has 0 radical (unpaired) electrons. The van der Waals surface area contributed by atoms with Crippen LogP contribution in [-0.2, 0) is 0 Å². The van der Waals surface area contributed by atoms with E-state index >= 15 is 0 Å². The second-order valence-corrected chi connectivity index (χ2v) is 5.78. The number of benzene rings is 1. The van der Waals surface area contributed by atoms with E-state index in [1.807, 2.05) is 12.1 Å². The molecule has 1 unspecified atom stereocenters. The lowest BCUT2D eigenvalue weighted by atomic mass is 10.2. The number of nitrogen functional groups attached to an aromatic ring is 1. The molecule has 4 nitrogen and oxygen atoms in total. The minimum absolute atomic E-state index is 0.0982. The summed E-state index contributed by atoms with van der Waals surface area (Å²) in [6.45, 7) is 2.13. The molecule has 1 fully saturated rings. The molecule has 98 valence electrons. The maximum atomic E-state index is 7.47. The van der Waals surface area contributed by atoms with Crippen LogP contribution in [0.1, 0.15) is 12.0 Å². The molecule has 1 aliphatic heterocycles. The van der Waals surface area contributed by atoms with Crippen molar-refractivity contribution in [3.8, 4) is 0 Å². The van der Waals surface area contributed by atoms with E-state index < -0.39 is 0 Å². The lowest BCUT2D eigenvalue weighted by Gasteiger charge is -2.22. The third kappa shape index (κ3) is 2.67. The van der Waals surface area contributed by atoms with Crippen molar-refractivity contribution in [3.63, 3.8) is 0 Å². The van der Waals surface area contributed by atoms with Crippen LogP contribution in [0.15, 0.2) is 22.7 Å². The number of nitrogens with zero attached hydrogens (tertiary/aromatic N) is 2. The van der Waals surface area contributed by atoms with Crippen molar-refractivity contribution in [3.05, 3.63) is 28.2 Å². The van der Waals surface area contributed by atoms with E-state index in [0.29, 0.717) is 6.04 Å². The first kappa shape index (κ1) is 13.4. The van der Waals surface area contributed by atoms with E-state index in [1.165, 1.54) is 12.1 Å². The van der Waals surface area contributed by atoms with E-state index in [9.17, 15) is 0 Å². The van der Waals surface area contributed by atoms with Gasteiger partial charge in [0.2, 0.25) is 0 Å². The van der Waals surface area contributed by atoms with Crippen molar-refractivity contribution >= 4 is 27.5 Å². The highest BCUT2D eigenvalue weighted by Gasteiger charge is 2.24. The minimum atomic E-state index is 0.0982. The minimum Gasteiger partial charge on any atom is -0.384 e. The summed E-state index contributed by atoms with van der Waals surface area (Å²) in [5.74, 6) is 0.0982. The number of likely N-dealkylation sites (N-methyl/N-ethyl adjacent to an activating group) is 1.